The van der Waals surface area contributed by atoms with Crippen LogP contribution in [0.4, 0.5) is 0 Å². The van der Waals surface area contributed by atoms with Crippen molar-refractivity contribution in [3.05, 3.63) is 106 Å². The van der Waals surface area contributed by atoms with Crippen LogP contribution in [-0.4, -0.2) is 15.0 Å². The van der Waals surface area contributed by atoms with Crippen molar-refractivity contribution in [2.24, 2.45) is 12.8 Å². The largest absolute Gasteiger partial charge is 0.364 e. The van der Waals surface area contributed by atoms with Crippen molar-refractivity contribution in [1.29, 1.82) is 0 Å². The molecule has 1 unspecified atom stereocenters. The fourth-order valence-electron chi connectivity index (χ4n) is 4.26. The van der Waals surface area contributed by atoms with Crippen LogP contribution in [0.3, 0.4) is 0 Å². The number of benzene rings is 2. The summed E-state index contributed by atoms with van der Waals surface area (Å²) in [5.74, 6) is -0.503. The summed E-state index contributed by atoms with van der Waals surface area (Å²) in [6.45, 7) is 2.41. The minimum absolute atomic E-state index is 0.0244. The average molecular weight is 399 g/mol. The molecule has 4 aromatic rings. The van der Waals surface area contributed by atoms with E-state index in [0.29, 0.717) is 17.8 Å². The normalized spacial score (nSPS) is 12.2. The molecule has 1 atom stereocenters. The Labute approximate surface area is 175 Å². The van der Waals surface area contributed by atoms with E-state index in [1.165, 1.54) is 5.56 Å². The fraction of sp³-hybridized carbons (Fsp3) is 0.200. The number of primary amides is 1. The molecule has 0 bridgehead atoms. The van der Waals surface area contributed by atoms with Gasteiger partial charge in [-0.25, -0.2) is 0 Å². The summed E-state index contributed by atoms with van der Waals surface area (Å²) in [5.41, 5.74) is 9.77. The predicted molar refractivity (Wildman–Crippen MR) is 120 cm³/mol. The summed E-state index contributed by atoms with van der Waals surface area (Å²) in [6.07, 6.45) is 2.68. The van der Waals surface area contributed by atoms with Crippen molar-refractivity contribution >= 4 is 16.8 Å². The first-order valence-corrected chi connectivity index (χ1v) is 10.1. The first kappa shape index (κ1) is 19.7. The van der Waals surface area contributed by atoms with Crippen LogP contribution in [0, 0.1) is 0 Å². The molecule has 0 radical (unpaired) electrons. The Hall–Kier alpha value is -3.60. The highest BCUT2D eigenvalue weighted by atomic mass is 16.1. The second kappa shape index (κ2) is 8.03. The third kappa shape index (κ3) is 3.43. The van der Waals surface area contributed by atoms with Gasteiger partial charge in [-0.1, -0.05) is 60.7 Å². The maximum Gasteiger partial charge on any atom is 0.274 e. The van der Waals surface area contributed by atoms with E-state index < -0.39 is 5.91 Å². The summed E-state index contributed by atoms with van der Waals surface area (Å²) in [5, 5.41) is 0.790. The van der Waals surface area contributed by atoms with Crippen molar-refractivity contribution in [1.82, 2.24) is 9.13 Å². The lowest BCUT2D eigenvalue weighted by Gasteiger charge is -2.20. The predicted octanol–water partition coefficient (Wildman–Crippen LogP) is 3.83. The molecule has 0 saturated heterocycles. The lowest BCUT2D eigenvalue weighted by atomic mass is 9.85. The van der Waals surface area contributed by atoms with E-state index in [9.17, 15) is 9.59 Å². The lowest BCUT2D eigenvalue weighted by Crippen LogP contribution is -2.23. The molecular formula is C25H25N3O2. The van der Waals surface area contributed by atoms with Gasteiger partial charge in [0.25, 0.3) is 11.5 Å². The van der Waals surface area contributed by atoms with E-state index in [2.05, 4.69) is 24.3 Å². The fourth-order valence-corrected chi connectivity index (χ4v) is 4.26. The number of rotatable bonds is 6. The SMILES string of the molecule is CCn1c(C(N)=O)cc2c(C(Cc3ccccc3)c3ccccc3)cn(C)c(=O)c21. The molecule has 0 aliphatic rings. The molecular weight excluding hydrogens is 374 g/mol. The number of fused-ring (bicyclic) bond motifs is 1. The van der Waals surface area contributed by atoms with Gasteiger partial charge in [0.15, 0.2) is 0 Å². The highest BCUT2D eigenvalue weighted by Gasteiger charge is 2.24. The molecule has 0 spiro atoms. The summed E-state index contributed by atoms with van der Waals surface area (Å²) < 4.78 is 3.34. The summed E-state index contributed by atoms with van der Waals surface area (Å²) >= 11 is 0. The van der Waals surface area contributed by atoms with Gasteiger partial charge in [0, 0.05) is 31.1 Å². The number of aromatic nitrogens is 2. The van der Waals surface area contributed by atoms with Crippen molar-refractivity contribution in [3.8, 4) is 0 Å². The van der Waals surface area contributed by atoms with E-state index in [1.807, 2.05) is 49.5 Å². The topological polar surface area (TPSA) is 70.0 Å². The molecule has 0 aliphatic carbocycles. The maximum absolute atomic E-state index is 13.0. The third-order valence-corrected chi connectivity index (χ3v) is 5.69. The van der Waals surface area contributed by atoms with Crippen LogP contribution >= 0.6 is 0 Å². The number of pyridine rings is 1. The van der Waals surface area contributed by atoms with Crippen LogP contribution in [0.1, 0.15) is 40.0 Å². The van der Waals surface area contributed by atoms with Crippen LogP contribution in [0.15, 0.2) is 77.7 Å². The first-order valence-electron chi connectivity index (χ1n) is 10.1. The molecule has 4 rings (SSSR count). The summed E-state index contributed by atoms with van der Waals surface area (Å²) in [7, 11) is 1.76. The van der Waals surface area contributed by atoms with Gasteiger partial charge in [0.05, 0.1) is 0 Å². The van der Waals surface area contributed by atoms with E-state index in [-0.39, 0.29) is 11.5 Å². The number of hydrogen-bond donors (Lipinski definition) is 1. The first-order chi connectivity index (χ1) is 14.5. The van der Waals surface area contributed by atoms with Crippen LogP contribution in [0.5, 0.6) is 0 Å². The Morgan fingerprint density at radius 3 is 2.27 bits per heavy atom. The van der Waals surface area contributed by atoms with Gasteiger partial charge in [-0.15, -0.1) is 0 Å². The number of hydrogen-bond acceptors (Lipinski definition) is 2. The van der Waals surface area contributed by atoms with Gasteiger partial charge in [0.1, 0.15) is 11.2 Å². The molecule has 1 amide bonds. The number of carbonyl (C=O) groups excluding carboxylic acids is 1. The van der Waals surface area contributed by atoms with Gasteiger partial charge in [0.2, 0.25) is 0 Å². The zero-order valence-corrected chi connectivity index (χ0v) is 17.2. The van der Waals surface area contributed by atoms with Crippen molar-refractivity contribution in [2.45, 2.75) is 25.8 Å². The minimum atomic E-state index is -0.527. The smallest absolute Gasteiger partial charge is 0.274 e. The number of nitrogens with zero attached hydrogens (tertiary/aromatic N) is 2. The molecule has 0 saturated carbocycles. The van der Waals surface area contributed by atoms with Crippen LogP contribution in [0.25, 0.3) is 10.9 Å². The van der Waals surface area contributed by atoms with Gasteiger partial charge in [-0.05, 0) is 36.1 Å². The summed E-state index contributed by atoms with van der Waals surface area (Å²) in [4.78, 5) is 25.1. The monoisotopic (exact) mass is 399 g/mol. The average Bonchev–Trinajstić information content (AvgIpc) is 3.16. The highest BCUT2D eigenvalue weighted by molar-refractivity contribution is 5.98. The third-order valence-electron chi connectivity index (χ3n) is 5.69. The number of nitrogens with two attached hydrogens (primary N) is 1. The van der Waals surface area contributed by atoms with Crippen molar-refractivity contribution < 1.29 is 4.79 Å². The molecule has 2 aromatic carbocycles. The molecule has 30 heavy (non-hydrogen) atoms. The van der Waals surface area contributed by atoms with E-state index in [1.54, 1.807) is 22.2 Å². The highest BCUT2D eigenvalue weighted by Crippen LogP contribution is 2.33. The second-order valence-electron chi connectivity index (χ2n) is 7.55. The molecule has 152 valence electrons. The Morgan fingerprint density at radius 2 is 1.67 bits per heavy atom. The van der Waals surface area contributed by atoms with E-state index in [4.69, 9.17) is 5.73 Å². The Balaban J connectivity index is 2.01. The van der Waals surface area contributed by atoms with Crippen LogP contribution < -0.4 is 11.3 Å². The lowest BCUT2D eigenvalue weighted by molar-refractivity contribution is 0.0992. The molecule has 2 heterocycles. The molecule has 0 fully saturated rings. The maximum atomic E-state index is 13.0. The Kier molecular flexibility index (Phi) is 5.27. The van der Waals surface area contributed by atoms with Crippen LogP contribution in [-0.2, 0) is 20.0 Å². The molecule has 2 N–H and O–H groups in total. The molecule has 5 heteroatoms. The minimum Gasteiger partial charge on any atom is -0.364 e. The Bertz CT molecular complexity index is 1250. The zero-order valence-electron chi connectivity index (χ0n) is 17.2. The second-order valence-corrected chi connectivity index (χ2v) is 7.55. The zero-order chi connectivity index (χ0) is 21.3. The van der Waals surface area contributed by atoms with E-state index in [0.717, 1.165) is 22.9 Å². The number of amides is 1. The van der Waals surface area contributed by atoms with Gasteiger partial charge in [-0.3, -0.25) is 9.59 Å². The molecule has 0 aliphatic heterocycles. The molecule has 5 nitrogen and oxygen atoms in total. The quantitative estimate of drug-likeness (QED) is 0.535. The van der Waals surface area contributed by atoms with Gasteiger partial charge >= 0.3 is 0 Å². The molecule has 2 aromatic heterocycles. The van der Waals surface area contributed by atoms with Crippen molar-refractivity contribution in [3.63, 3.8) is 0 Å². The van der Waals surface area contributed by atoms with Crippen LogP contribution in [0.2, 0.25) is 0 Å². The Morgan fingerprint density at radius 1 is 1.03 bits per heavy atom. The summed E-state index contributed by atoms with van der Waals surface area (Å²) in [6, 6.07) is 22.3. The van der Waals surface area contributed by atoms with Gasteiger partial charge in [-0.2, -0.15) is 0 Å². The van der Waals surface area contributed by atoms with Crippen molar-refractivity contribution in [2.75, 3.05) is 0 Å². The number of carbonyl (C=O) groups is 1. The van der Waals surface area contributed by atoms with Gasteiger partial charge < -0.3 is 14.9 Å². The standard InChI is InChI=1S/C25H25N3O2/c1-3-28-22(24(26)29)15-20-21(16-27(2)25(30)23(20)28)19(18-12-8-5-9-13-18)14-17-10-6-4-7-11-17/h4-13,15-16,19H,3,14H2,1-2H3,(H2,26,29). The van der Waals surface area contributed by atoms with E-state index >= 15 is 0 Å². The number of aryl methyl sites for hydroxylation is 2.